The zero-order valence-corrected chi connectivity index (χ0v) is 18.8. The van der Waals surface area contributed by atoms with Crippen molar-refractivity contribution in [3.05, 3.63) is 59.3 Å². The molecule has 3 heterocycles. The molecule has 0 N–H and O–H groups in total. The highest BCUT2D eigenvalue weighted by molar-refractivity contribution is 6.04. The van der Waals surface area contributed by atoms with Crippen LogP contribution in [0.3, 0.4) is 0 Å². The van der Waals surface area contributed by atoms with Crippen LogP contribution in [0.25, 0.3) is 10.9 Å². The Labute approximate surface area is 192 Å². The van der Waals surface area contributed by atoms with E-state index in [2.05, 4.69) is 11.2 Å². The van der Waals surface area contributed by atoms with Crippen molar-refractivity contribution in [2.45, 2.75) is 19.4 Å². The number of hydrogen-bond donors (Lipinski definition) is 0. The molecule has 1 aromatic heterocycles. The Morgan fingerprint density at radius 1 is 1.00 bits per heavy atom. The Bertz CT molecular complexity index is 1180. The van der Waals surface area contributed by atoms with Crippen LogP contribution in [-0.2, 0) is 29.5 Å². The monoisotopic (exact) mass is 448 g/mol. The molecule has 33 heavy (non-hydrogen) atoms. The number of amides is 2. The van der Waals surface area contributed by atoms with E-state index in [0.29, 0.717) is 64.5 Å². The first kappa shape index (κ1) is 21.5. The molecule has 0 aliphatic carbocycles. The van der Waals surface area contributed by atoms with Gasteiger partial charge in [-0.3, -0.25) is 14.3 Å². The second-order valence-electron chi connectivity index (χ2n) is 8.50. The highest BCUT2D eigenvalue weighted by atomic mass is 16.5. The first-order valence-corrected chi connectivity index (χ1v) is 11.4. The van der Waals surface area contributed by atoms with Gasteiger partial charge in [0.15, 0.2) is 5.69 Å². The summed E-state index contributed by atoms with van der Waals surface area (Å²) in [5.74, 6) is 0.846. The quantitative estimate of drug-likeness (QED) is 0.613. The van der Waals surface area contributed by atoms with Crippen LogP contribution in [0.1, 0.15) is 28.0 Å². The van der Waals surface area contributed by atoms with E-state index in [4.69, 9.17) is 9.47 Å². The minimum atomic E-state index is -0.101. The lowest BCUT2D eigenvalue weighted by Gasteiger charge is -2.26. The van der Waals surface area contributed by atoms with Gasteiger partial charge < -0.3 is 19.3 Å². The van der Waals surface area contributed by atoms with Crippen molar-refractivity contribution in [1.82, 2.24) is 19.6 Å². The molecule has 0 bridgehead atoms. The summed E-state index contributed by atoms with van der Waals surface area (Å²) in [6, 6.07) is 13.8. The fraction of sp³-hybridized carbons (Fsp3) is 0.400. The van der Waals surface area contributed by atoms with E-state index in [9.17, 15) is 9.59 Å². The predicted octanol–water partition coefficient (Wildman–Crippen LogP) is 2.40. The summed E-state index contributed by atoms with van der Waals surface area (Å²) in [7, 11) is 1.85. The fourth-order valence-corrected chi connectivity index (χ4v) is 4.52. The molecule has 2 aliphatic heterocycles. The van der Waals surface area contributed by atoms with Crippen LogP contribution in [0, 0.1) is 0 Å². The lowest BCUT2D eigenvalue weighted by molar-refractivity contribution is -0.135. The van der Waals surface area contributed by atoms with E-state index in [-0.39, 0.29) is 11.8 Å². The summed E-state index contributed by atoms with van der Waals surface area (Å²) in [4.78, 5) is 29.6. The molecule has 0 spiro atoms. The molecule has 0 atom stereocenters. The van der Waals surface area contributed by atoms with Gasteiger partial charge in [0.25, 0.3) is 5.91 Å². The fourth-order valence-electron chi connectivity index (χ4n) is 4.52. The number of ether oxygens (including phenoxy) is 2. The van der Waals surface area contributed by atoms with Crippen molar-refractivity contribution in [2.75, 3.05) is 39.5 Å². The highest BCUT2D eigenvalue weighted by Crippen LogP contribution is 2.27. The Morgan fingerprint density at radius 3 is 2.64 bits per heavy atom. The summed E-state index contributed by atoms with van der Waals surface area (Å²) in [5.41, 5.74) is 3.41. The zero-order valence-electron chi connectivity index (χ0n) is 18.8. The number of para-hydroxylation sites is 1. The first-order chi connectivity index (χ1) is 16.1. The van der Waals surface area contributed by atoms with Gasteiger partial charge in [0.05, 0.1) is 25.3 Å². The lowest BCUT2D eigenvalue weighted by Crippen LogP contribution is -2.40. The van der Waals surface area contributed by atoms with Crippen molar-refractivity contribution < 1.29 is 19.1 Å². The molecule has 1 fully saturated rings. The van der Waals surface area contributed by atoms with Gasteiger partial charge in [-0.15, -0.1) is 0 Å². The maximum Gasteiger partial charge on any atom is 0.275 e. The molecule has 3 aromatic rings. The normalized spacial score (nSPS) is 16.3. The number of aromatic nitrogens is 2. The molecular weight excluding hydrogens is 420 g/mol. The smallest absolute Gasteiger partial charge is 0.275 e. The maximum absolute atomic E-state index is 13.4. The van der Waals surface area contributed by atoms with Crippen molar-refractivity contribution in [3.63, 3.8) is 0 Å². The summed E-state index contributed by atoms with van der Waals surface area (Å²) >= 11 is 0. The zero-order chi connectivity index (χ0) is 22.8. The highest BCUT2D eigenvalue weighted by Gasteiger charge is 2.25. The average Bonchev–Trinajstić information content (AvgIpc) is 3.04. The Kier molecular flexibility index (Phi) is 6.00. The number of nitrogens with zero attached hydrogens (tertiary/aromatic N) is 4. The van der Waals surface area contributed by atoms with E-state index in [1.54, 1.807) is 9.58 Å². The minimum absolute atomic E-state index is 0.101. The number of aryl methyl sites for hydroxylation is 2. The van der Waals surface area contributed by atoms with Gasteiger partial charge in [-0.1, -0.05) is 30.3 Å². The molecule has 2 aromatic carbocycles. The number of rotatable bonds is 4. The van der Waals surface area contributed by atoms with Crippen LogP contribution in [0.15, 0.2) is 42.5 Å². The second-order valence-corrected chi connectivity index (χ2v) is 8.50. The molecule has 5 rings (SSSR count). The summed E-state index contributed by atoms with van der Waals surface area (Å²) < 4.78 is 13.0. The molecule has 0 unspecified atom stereocenters. The lowest BCUT2D eigenvalue weighted by atomic mass is 10.0. The van der Waals surface area contributed by atoms with E-state index < -0.39 is 0 Å². The Morgan fingerprint density at radius 2 is 1.79 bits per heavy atom. The van der Waals surface area contributed by atoms with Gasteiger partial charge in [-0.05, 0) is 24.1 Å². The molecule has 2 amide bonds. The van der Waals surface area contributed by atoms with Gasteiger partial charge in [0.1, 0.15) is 12.4 Å². The van der Waals surface area contributed by atoms with Gasteiger partial charge in [0, 0.05) is 44.1 Å². The van der Waals surface area contributed by atoms with Crippen LogP contribution >= 0.6 is 0 Å². The van der Waals surface area contributed by atoms with Crippen LogP contribution in [0.5, 0.6) is 5.75 Å². The van der Waals surface area contributed by atoms with Gasteiger partial charge >= 0.3 is 0 Å². The number of morpholine rings is 1. The minimum Gasteiger partial charge on any atom is -0.491 e. The van der Waals surface area contributed by atoms with Gasteiger partial charge in [-0.25, -0.2) is 0 Å². The SMILES string of the molecule is Cn1nc(C(=O)N2CCOc3ccc(CCC(=O)N4CCOCC4)cc3C2)c2ccccc21. The molecule has 2 aliphatic rings. The predicted molar refractivity (Wildman–Crippen MR) is 123 cm³/mol. The van der Waals surface area contributed by atoms with E-state index in [1.807, 2.05) is 48.3 Å². The van der Waals surface area contributed by atoms with Crippen molar-refractivity contribution in [2.24, 2.45) is 7.05 Å². The van der Waals surface area contributed by atoms with E-state index in [1.165, 1.54) is 0 Å². The molecule has 172 valence electrons. The van der Waals surface area contributed by atoms with E-state index in [0.717, 1.165) is 27.8 Å². The van der Waals surface area contributed by atoms with Gasteiger partial charge in [0.2, 0.25) is 5.91 Å². The average molecular weight is 449 g/mol. The van der Waals surface area contributed by atoms with Crippen LogP contribution in [0.2, 0.25) is 0 Å². The first-order valence-electron chi connectivity index (χ1n) is 11.4. The third-order valence-corrected chi connectivity index (χ3v) is 6.34. The summed E-state index contributed by atoms with van der Waals surface area (Å²) in [5, 5.41) is 5.35. The second kappa shape index (κ2) is 9.23. The van der Waals surface area contributed by atoms with Crippen molar-refractivity contribution >= 4 is 22.7 Å². The number of benzene rings is 2. The third kappa shape index (κ3) is 4.43. The Balaban J connectivity index is 1.31. The molecule has 0 saturated carbocycles. The van der Waals surface area contributed by atoms with Crippen LogP contribution in [-0.4, -0.2) is 70.8 Å². The summed E-state index contributed by atoms with van der Waals surface area (Å²) in [6.07, 6.45) is 1.12. The van der Waals surface area contributed by atoms with E-state index >= 15 is 0 Å². The molecule has 8 nitrogen and oxygen atoms in total. The number of carbonyl (C=O) groups excluding carboxylic acids is 2. The third-order valence-electron chi connectivity index (χ3n) is 6.34. The topological polar surface area (TPSA) is 76.9 Å². The van der Waals surface area contributed by atoms with Crippen LogP contribution in [0.4, 0.5) is 0 Å². The van der Waals surface area contributed by atoms with Crippen molar-refractivity contribution in [3.8, 4) is 5.75 Å². The molecular formula is C25H28N4O4. The molecule has 8 heteroatoms. The molecule has 1 saturated heterocycles. The standard InChI is InChI=1S/C25H28N4O4/c1-27-21-5-3-2-4-20(21)24(26-27)25(31)29-12-15-33-22-8-6-18(16-19(22)17-29)7-9-23(30)28-10-13-32-14-11-28/h2-6,8,16H,7,9-15,17H2,1H3. The maximum atomic E-state index is 13.4. The van der Waals surface area contributed by atoms with Crippen LogP contribution < -0.4 is 4.74 Å². The largest absolute Gasteiger partial charge is 0.491 e. The summed E-state index contributed by atoms with van der Waals surface area (Å²) in [6.45, 7) is 3.91. The Hall–Kier alpha value is -3.39. The number of hydrogen-bond acceptors (Lipinski definition) is 5. The number of fused-ring (bicyclic) bond motifs is 2. The van der Waals surface area contributed by atoms with Crippen molar-refractivity contribution in [1.29, 1.82) is 0 Å². The van der Waals surface area contributed by atoms with Gasteiger partial charge in [-0.2, -0.15) is 5.10 Å². The number of carbonyl (C=O) groups is 2. The molecule has 0 radical (unpaired) electrons.